The van der Waals surface area contributed by atoms with Gasteiger partial charge in [0.2, 0.25) is 0 Å². The summed E-state index contributed by atoms with van der Waals surface area (Å²) in [6, 6.07) is 19.5. The Morgan fingerprint density at radius 3 is 2.29 bits per heavy atom. The Balaban J connectivity index is 2.02. The minimum Gasteiger partial charge on any atom is -0.294 e. The molecule has 0 heterocycles. The SMILES string of the molecule is CCCC(C/N=C/c1ccccc1)C(=O)c1ccccc1. The molecule has 2 heteroatoms. The van der Waals surface area contributed by atoms with Crippen molar-refractivity contribution in [2.45, 2.75) is 19.8 Å². The molecule has 2 aromatic rings. The maximum absolute atomic E-state index is 12.5. The molecule has 0 radical (unpaired) electrons. The first kappa shape index (κ1) is 15.2. The van der Waals surface area contributed by atoms with Gasteiger partial charge in [0.15, 0.2) is 5.78 Å². The number of ketones is 1. The van der Waals surface area contributed by atoms with Crippen LogP contribution in [0, 0.1) is 5.92 Å². The maximum Gasteiger partial charge on any atom is 0.167 e. The van der Waals surface area contributed by atoms with E-state index in [9.17, 15) is 4.79 Å². The summed E-state index contributed by atoms with van der Waals surface area (Å²) < 4.78 is 0. The Morgan fingerprint density at radius 2 is 1.67 bits per heavy atom. The van der Waals surface area contributed by atoms with Gasteiger partial charge in [0.05, 0.1) is 0 Å². The van der Waals surface area contributed by atoms with Crippen LogP contribution in [0.4, 0.5) is 0 Å². The lowest BCUT2D eigenvalue weighted by molar-refractivity contribution is 0.0918. The third kappa shape index (κ3) is 4.67. The normalized spacial score (nSPS) is 12.4. The van der Waals surface area contributed by atoms with Crippen molar-refractivity contribution in [2.75, 3.05) is 6.54 Å². The third-order valence-corrected chi connectivity index (χ3v) is 3.43. The molecule has 0 spiro atoms. The molecule has 0 bridgehead atoms. The van der Waals surface area contributed by atoms with Crippen molar-refractivity contribution in [3.05, 3.63) is 71.8 Å². The van der Waals surface area contributed by atoms with Gasteiger partial charge >= 0.3 is 0 Å². The minimum absolute atomic E-state index is 0.0302. The summed E-state index contributed by atoms with van der Waals surface area (Å²) >= 11 is 0. The molecule has 0 aliphatic heterocycles. The summed E-state index contributed by atoms with van der Waals surface area (Å²) in [7, 11) is 0. The van der Waals surface area contributed by atoms with E-state index in [0.29, 0.717) is 6.54 Å². The smallest absolute Gasteiger partial charge is 0.167 e. The van der Waals surface area contributed by atoms with Crippen LogP contribution in [0.25, 0.3) is 0 Å². The maximum atomic E-state index is 12.5. The number of aliphatic imine (C=N–C) groups is 1. The molecule has 0 saturated carbocycles. The van der Waals surface area contributed by atoms with E-state index < -0.39 is 0 Å². The number of Topliss-reactive ketones (excluding diaryl/α,β-unsaturated/α-hetero) is 1. The minimum atomic E-state index is -0.0302. The van der Waals surface area contributed by atoms with E-state index in [1.165, 1.54) is 0 Å². The molecule has 0 N–H and O–H groups in total. The van der Waals surface area contributed by atoms with Crippen molar-refractivity contribution < 1.29 is 4.79 Å². The zero-order valence-corrected chi connectivity index (χ0v) is 12.4. The average Bonchev–Trinajstić information content (AvgIpc) is 2.55. The van der Waals surface area contributed by atoms with Gasteiger partial charge in [-0.25, -0.2) is 0 Å². The van der Waals surface area contributed by atoms with Crippen LogP contribution in [-0.2, 0) is 0 Å². The van der Waals surface area contributed by atoms with Gasteiger partial charge in [0.1, 0.15) is 0 Å². The van der Waals surface area contributed by atoms with Crippen LogP contribution >= 0.6 is 0 Å². The summed E-state index contributed by atoms with van der Waals surface area (Å²) in [6.07, 6.45) is 3.71. The first-order valence-corrected chi connectivity index (χ1v) is 7.45. The first-order valence-electron chi connectivity index (χ1n) is 7.45. The Bertz CT molecular complexity index is 575. The van der Waals surface area contributed by atoms with Crippen LogP contribution < -0.4 is 0 Å². The molecule has 2 aromatic carbocycles. The second kappa shape index (κ2) is 8.15. The predicted molar refractivity (Wildman–Crippen MR) is 88.1 cm³/mol. The Morgan fingerprint density at radius 1 is 1.05 bits per heavy atom. The van der Waals surface area contributed by atoms with Crippen molar-refractivity contribution in [3.63, 3.8) is 0 Å². The Kier molecular flexibility index (Phi) is 5.89. The molecule has 0 fully saturated rings. The summed E-state index contributed by atoms with van der Waals surface area (Å²) in [5, 5.41) is 0. The Hall–Kier alpha value is -2.22. The molecule has 0 amide bonds. The highest BCUT2D eigenvalue weighted by Crippen LogP contribution is 2.15. The van der Waals surface area contributed by atoms with Crippen molar-refractivity contribution in [1.29, 1.82) is 0 Å². The lowest BCUT2D eigenvalue weighted by Crippen LogP contribution is -2.18. The molecule has 0 aliphatic carbocycles. The molecule has 0 aromatic heterocycles. The lowest BCUT2D eigenvalue weighted by Gasteiger charge is -2.12. The van der Waals surface area contributed by atoms with Crippen LogP contribution in [0.5, 0.6) is 0 Å². The van der Waals surface area contributed by atoms with E-state index in [1.54, 1.807) is 0 Å². The molecule has 1 unspecified atom stereocenters. The van der Waals surface area contributed by atoms with E-state index in [4.69, 9.17) is 0 Å². The fourth-order valence-electron chi connectivity index (χ4n) is 2.32. The quantitative estimate of drug-likeness (QED) is 0.545. The first-order chi connectivity index (χ1) is 10.3. The van der Waals surface area contributed by atoms with Gasteiger partial charge in [-0.15, -0.1) is 0 Å². The molecular formula is C19H21NO. The van der Waals surface area contributed by atoms with Gasteiger partial charge in [0, 0.05) is 24.2 Å². The Labute approximate surface area is 126 Å². The molecule has 0 saturated heterocycles. The molecular weight excluding hydrogens is 258 g/mol. The molecule has 0 aliphatic rings. The standard InChI is InChI=1S/C19H21NO/c1-2-9-18(19(21)17-12-7-4-8-13-17)15-20-14-16-10-5-3-6-11-16/h3-8,10-14,18H,2,9,15H2,1H3/b20-14+. The van der Waals surface area contributed by atoms with Crippen molar-refractivity contribution in [1.82, 2.24) is 0 Å². The number of carbonyl (C=O) groups excluding carboxylic acids is 1. The summed E-state index contributed by atoms with van der Waals surface area (Å²) in [5.41, 5.74) is 1.85. The second-order valence-corrected chi connectivity index (χ2v) is 5.12. The number of hydrogen-bond acceptors (Lipinski definition) is 2. The fraction of sp³-hybridized carbons (Fsp3) is 0.263. The zero-order valence-electron chi connectivity index (χ0n) is 12.4. The van der Waals surface area contributed by atoms with Gasteiger partial charge in [-0.2, -0.15) is 0 Å². The second-order valence-electron chi connectivity index (χ2n) is 5.12. The highest BCUT2D eigenvalue weighted by Gasteiger charge is 2.18. The van der Waals surface area contributed by atoms with E-state index in [1.807, 2.05) is 66.9 Å². The van der Waals surface area contributed by atoms with Crippen LogP contribution in [-0.4, -0.2) is 18.5 Å². The molecule has 1 atom stereocenters. The number of rotatable bonds is 7. The summed E-state index contributed by atoms with van der Waals surface area (Å²) in [4.78, 5) is 17.0. The largest absolute Gasteiger partial charge is 0.294 e. The average molecular weight is 279 g/mol. The van der Waals surface area contributed by atoms with Gasteiger partial charge in [0.25, 0.3) is 0 Å². The van der Waals surface area contributed by atoms with Crippen molar-refractivity contribution in [2.24, 2.45) is 10.9 Å². The molecule has 2 rings (SSSR count). The van der Waals surface area contributed by atoms with Crippen LogP contribution in [0.15, 0.2) is 65.7 Å². The highest BCUT2D eigenvalue weighted by atomic mass is 16.1. The fourth-order valence-corrected chi connectivity index (χ4v) is 2.32. The topological polar surface area (TPSA) is 29.4 Å². The highest BCUT2D eigenvalue weighted by molar-refractivity contribution is 5.98. The van der Waals surface area contributed by atoms with Crippen molar-refractivity contribution in [3.8, 4) is 0 Å². The van der Waals surface area contributed by atoms with Crippen LogP contribution in [0.1, 0.15) is 35.7 Å². The van der Waals surface area contributed by atoms with E-state index >= 15 is 0 Å². The molecule has 21 heavy (non-hydrogen) atoms. The van der Waals surface area contributed by atoms with E-state index in [-0.39, 0.29) is 11.7 Å². The van der Waals surface area contributed by atoms with Crippen LogP contribution in [0.2, 0.25) is 0 Å². The third-order valence-electron chi connectivity index (χ3n) is 3.43. The van der Waals surface area contributed by atoms with Gasteiger partial charge in [-0.3, -0.25) is 9.79 Å². The number of hydrogen-bond donors (Lipinski definition) is 0. The van der Waals surface area contributed by atoms with E-state index in [0.717, 1.165) is 24.0 Å². The van der Waals surface area contributed by atoms with Crippen LogP contribution in [0.3, 0.4) is 0 Å². The van der Waals surface area contributed by atoms with Crippen molar-refractivity contribution >= 4 is 12.0 Å². The lowest BCUT2D eigenvalue weighted by atomic mass is 9.93. The number of nitrogens with zero attached hydrogens (tertiary/aromatic N) is 1. The summed E-state index contributed by atoms with van der Waals surface area (Å²) in [5.74, 6) is 0.167. The van der Waals surface area contributed by atoms with Gasteiger partial charge < -0.3 is 0 Å². The zero-order chi connectivity index (χ0) is 14.9. The predicted octanol–water partition coefficient (Wildman–Crippen LogP) is 4.40. The summed E-state index contributed by atoms with van der Waals surface area (Å²) in [6.45, 7) is 2.66. The van der Waals surface area contributed by atoms with E-state index in [2.05, 4.69) is 11.9 Å². The molecule has 108 valence electrons. The van der Waals surface area contributed by atoms with Gasteiger partial charge in [-0.05, 0) is 12.0 Å². The monoisotopic (exact) mass is 279 g/mol. The number of benzene rings is 2. The number of carbonyl (C=O) groups is 1. The molecule has 2 nitrogen and oxygen atoms in total. The van der Waals surface area contributed by atoms with Gasteiger partial charge in [-0.1, -0.05) is 74.0 Å².